The van der Waals surface area contributed by atoms with Gasteiger partial charge in [-0.3, -0.25) is 20.4 Å². The van der Waals surface area contributed by atoms with E-state index in [1.807, 2.05) is 12.1 Å². The number of amides is 2. The van der Waals surface area contributed by atoms with E-state index in [1.165, 1.54) is 16.9 Å². The number of hydrogen-bond acceptors (Lipinski definition) is 7. The summed E-state index contributed by atoms with van der Waals surface area (Å²) in [6, 6.07) is 8.00. The van der Waals surface area contributed by atoms with Gasteiger partial charge in [-0.1, -0.05) is 32.9 Å². The minimum Gasteiger partial charge on any atom is -0.494 e. The Morgan fingerprint density at radius 3 is 2.55 bits per heavy atom. The molecule has 2 heterocycles. The van der Waals surface area contributed by atoms with E-state index in [9.17, 15) is 9.59 Å². The van der Waals surface area contributed by atoms with Crippen molar-refractivity contribution in [3.8, 4) is 5.75 Å². The number of benzene rings is 1. The Kier molecular flexibility index (Phi) is 7.86. The van der Waals surface area contributed by atoms with Crippen LogP contribution in [0.5, 0.6) is 5.75 Å². The number of hydrazine groups is 1. The minimum atomic E-state index is -0.431. The fourth-order valence-corrected chi connectivity index (χ4v) is 3.85. The first-order valence-corrected chi connectivity index (χ1v) is 11.3. The van der Waals surface area contributed by atoms with Gasteiger partial charge in [0.1, 0.15) is 11.4 Å². The van der Waals surface area contributed by atoms with Gasteiger partial charge < -0.3 is 14.4 Å². The maximum absolute atomic E-state index is 12.2. The first-order chi connectivity index (χ1) is 14.8. The average Bonchev–Trinajstić information content (AvgIpc) is 3.26. The van der Waals surface area contributed by atoms with E-state index in [0.29, 0.717) is 26.2 Å². The van der Waals surface area contributed by atoms with Gasteiger partial charge in [-0.2, -0.15) is 0 Å². The van der Waals surface area contributed by atoms with Crippen LogP contribution in [-0.4, -0.2) is 49.7 Å². The number of ether oxygens (including phenoxy) is 2. The lowest BCUT2D eigenvalue weighted by molar-refractivity contribution is -0.122. The number of aromatic nitrogens is 1. The van der Waals surface area contributed by atoms with Crippen LogP contribution in [0.15, 0.2) is 29.6 Å². The summed E-state index contributed by atoms with van der Waals surface area (Å²) in [7, 11) is 0. The van der Waals surface area contributed by atoms with Crippen LogP contribution in [0.3, 0.4) is 0 Å². The second-order valence-electron chi connectivity index (χ2n) is 8.34. The van der Waals surface area contributed by atoms with Gasteiger partial charge in [-0.05, 0) is 29.5 Å². The molecule has 1 aliphatic rings. The molecule has 1 saturated heterocycles. The van der Waals surface area contributed by atoms with Crippen molar-refractivity contribution in [2.45, 2.75) is 39.0 Å². The summed E-state index contributed by atoms with van der Waals surface area (Å²) >= 11 is 1.40. The van der Waals surface area contributed by atoms with Crippen molar-refractivity contribution in [3.63, 3.8) is 0 Å². The number of carbonyl (C=O) groups excluding carboxylic acids is 2. The first kappa shape index (κ1) is 23.0. The lowest BCUT2D eigenvalue weighted by Crippen LogP contribution is -2.42. The summed E-state index contributed by atoms with van der Waals surface area (Å²) in [6.45, 7) is 9.74. The van der Waals surface area contributed by atoms with Crippen LogP contribution in [0.25, 0.3) is 0 Å². The Morgan fingerprint density at radius 1 is 1.16 bits per heavy atom. The largest absolute Gasteiger partial charge is 0.494 e. The van der Waals surface area contributed by atoms with Gasteiger partial charge in [0, 0.05) is 24.9 Å². The first-order valence-electron chi connectivity index (χ1n) is 10.4. The highest BCUT2D eigenvalue weighted by Crippen LogP contribution is 2.24. The third kappa shape index (κ3) is 6.93. The van der Waals surface area contributed by atoms with Crippen LogP contribution in [0.2, 0.25) is 0 Å². The van der Waals surface area contributed by atoms with Crippen LogP contribution < -0.4 is 20.5 Å². The second-order valence-corrected chi connectivity index (χ2v) is 9.18. The van der Waals surface area contributed by atoms with Gasteiger partial charge in [0.15, 0.2) is 5.13 Å². The third-order valence-electron chi connectivity index (χ3n) is 4.86. The molecular formula is C22H30N4O4S. The molecule has 1 aliphatic heterocycles. The summed E-state index contributed by atoms with van der Waals surface area (Å²) in [5.41, 5.74) is 6.47. The Bertz CT molecular complexity index is 870. The lowest BCUT2D eigenvalue weighted by Gasteiger charge is -2.25. The van der Waals surface area contributed by atoms with Crippen LogP contribution >= 0.6 is 11.3 Å². The van der Waals surface area contributed by atoms with Crippen molar-refractivity contribution in [3.05, 3.63) is 40.9 Å². The van der Waals surface area contributed by atoms with Crippen LogP contribution in [0.4, 0.5) is 5.13 Å². The predicted molar refractivity (Wildman–Crippen MR) is 121 cm³/mol. The van der Waals surface area contributed by atoms with Gasteiger partial charge in [-0.25, -0.2) is 4.98 Å². The molecule has 2 amide bonds. The monoisotopic (exact) mass is 446 g/mol. The molecule has 168 valence electrons. The SMILES string of the molecule is CC(C)(C)c1ccc(OCCCC(=O)NNC(=O)c2csc(N3CCOCC3)n2)cc1. The highest BCUT2D eigenvalue weighted by molar-refractivity contribution is 7.13. The van der Waals surface area contributed by atoms with Crippen molar-refractivity contribution < 1.29 is 19.1 Å². The zero-order valence-corrected chi connectivity index (χ0v) is 19.1. The fourth-order valence-electron chi connectivity index (χ4n) is 3.00. The van der Waals surface area contributed by atoms with Crippen LogP contribution in [-0.2, 0) is 14.9 Å². The summed E-state index contributed by atoms with van der Waals surface area (Å²) in [5.74, 6) is 0.0734. The molecule has 31 heavy (non-hydrogen) atoms. The molecule has 9 heteroatoms. The Hall–Kier alpha value is -2.65. The summed E-state index contributed by atoms with van der Waals surface area (Å²) in [4.78, 5) is 30.6. The normalized spacial score (nSPS) is 14.2. The fraction of sp³-hybridized carbons (Fsp3) is 0.500. The number of carbonyl (C=O) groups is 2. The molecule has 0 radical (unpaired) electrons. The molecule has 3 rings (SSSR count). The van der Waals surface area contributed by atoms with Gasteiger partial charge in [-0.15, -0.1) is 11.3 Å². The van der Waals surface area contributed by atoms with E-state index >= 15 is 0 Å². The standard InChI is InChI=1S/C22H30N4O4S/c1-22(2,3)16-6-8-17(9-7-16)30-12-4-5-19(27)24-25-20(28)18-15-31-21(23-18)26-10-13-29-14-11-26/h6-9,15H,4-5,10-14H2,1-3H3,(H,24,27)(H,25,28). The second kappa shape index (κ2) is 10.6. The van der Waals surface area contributed by atoms with E-state index in [2.05, 4.69) is 53.6 Å². The van der Waals surface area contributed by atoms with E-state index < -0.39 is 5.91 Å². The zero-order valence-electron chi connectivity index (χ0n) is 18.3. The third-order valence-corrected chi connectivity index (χ3v) is 5.76. The number of thiazole rings is 1. The molecule has 2 N–H and O–H groups in total. The Morgan fingerprint density at radius 2 is 1.87 bits per heavy atom. The molecule has 0 saturated carbocycles. The molecule has 0 aliphatic carbocycles. The molecule has 0 unspecified atom stereocenters. The summed E-state index contributed by atoms with van der Waals surface area (Å²) in [6.07, 6.45) is 0.789. The van der Waals surface area contributed by atoms with Crippen molar-refractivity contribution in [2.24, 2.45) is 0 Å². The quantitative estimate of drug-likeness (QED) is 0.502. The molecule has 0 spiro atoms. The van der Waals surface area contributed by atoms with Crippen molar-refractivity contribution in [1.82, 2.24) is 15.8 Å². The maximum Gasteiger partial charge on any atom is 0.289 e. The summed E-state index contributed by atoms with van der Waals surface area (Å²) < 4.78 is 11.0. The van der Waals surface area contributed by atoms with Gasteiger partial charge in [0.25, 0.3) is 5.91 Å². The van der Waals surface area contributed by atoms with Gasteiger partial charge >= 0.3 is 0 Å². The van der Waals surface area contributed by atoms with E-state index in [-0.39, 0.29) is 23.4 Å². The minimum absolute atomic E-state index is 0.101. The van der Waals surface area contributed by atoms with Crippen molar-refractivity contribution in [1.29, 1.82) is 0 Å². The molecule has 1 fully saturated rings. The van der Waals surface area contributed by atoms with E-state index in [1.54, 1.807) is 5.38 Å². The number of anilines is 1. The molecular weight excluding hydrogens is 416 g/mol. The number of nitrogens with one attached hydrogen (secondary N) is 2. The molecule has 0 atom stereocenters. The van der Waals surface area contributed by atoms with Crippen LogP contribution in [0, 0.1) is 0 Å². The smallest absolute Gasteiger partial charge is 0.289 e. The molecule has 1 aromatic carbocycles. The highest BCUT2D eigenvalue weighted by Gasteiger charge is 2.18. The molecule has 0 bridgehead atoms. The van der Waals surface area contributed by atoms with Gasteiger partial charge in [0.2, 0.25) is 5.91 Å². The maximum atomic E-state index is 12.2. The topological polar surface area (TPSA) is 92.8 Å². The van der Waals surface area contributed by atoms with Crippen molar-refractivity contribution >= 4 is 28.3 Å². The van der Waals surface area contributed by atoms with Crippen molar-refractivity contribution in [2.75, 3.05) is 37.8 Å². The number of morpholine rings is 1. The van der Waals surface area contributed by atoms with E-state index in [0.717, 1.165) is 24.0 Å². The highest BCUT2D eigenvalue weighted by atomic mass is 32.1. The number of nitrogens with zero attached hydrogens (tertiary/aromatic N) is 2. The average molecular weight is 447 g/mol. The Balaban J connectivity index is 1.34. The molecule has 1 aromatic heterocycles. The summed E-state index contributed by atoms with van der Waals surface area (Å²) in [5, 5.41) is 2.47. The van der Waals surface area contributed by atoms with Gasteiger partial charge in [0.05, 0.1) is 19.8 Å². The van der Waals surface area contributed by atoms with E-state index in [4.69, 9.17) is 9.47 Å². The number of rotatable bonds is 7. The Labute approximate surface area is 186 Å². The lowest BCUT2D eigenvalue weighted by atomic mass is 9.87. The number of hydrogen-bond donors (Lipinski definition) is 2. The molecule has 2 aromatic rings. The predicted octanol–water partition coefficient (Wildman–Crippen LogP) is 2.90. The molecule has 8 nitrogen and oxygen atoms in total. The zero-order chi connectivity index (χ0) is 22.3. The van der Waals surface area contributed by atoms with Crippen LogP contribution in [0.1, 0.15) is 49.7 Å².